The Labute approximate surface area is 116 Å². The molecule has 0 aromatic heterocycles. The minimum Gasteiger partial charge on any atom is -0.197 e. The Morgan fingerprint density at radius 1 is 1.00 bits per heavy atom. The van der Waals surface area contributed by atoms with E-state index in [0.717, 1.165) is 23.7 Å². The minimum absolute atomic E-state index is 0. The second-order valence-electron chi connectivity index (χ2n) is 5.85. The number of rotatable bonds is 1. The second kappa shape index (κ2) is 6.11. The van der Waals surface area contributed by atoms with Gasteiger partial charge in [0, 0.05) is 0 Å². The summed E-state index contributed by atoms with van der Waals surface area (Å²) in [5.74, 6) is 4.06. The molecule has 0 nitrogen and oxygen atoms in total. The molecule has 15 heavy (non-hydrogen) atoms. The first-order valence-electron chi connectivity index (χ1n) is 5.53. The summed E-state index contributed by atoms with van der Waals surface area (Å²) >= 11 is 0. The molecule has 0 unspecified atom stereocenters. The fourth-order valence-corrected chi connectivity index (χ4v) is 3.67. The Balaban J connectivity index is 0. The Kier molecular flexibility index (Phi) is 7.50. The lowest BCUT2D eigenvalue weighted by Gasteiger charge is -2.61. The average Bonchev–Trinajstić information content (AvgIpc) is 2.04. The summed E-state index contributed by atoms with van der Waals surface area (Å²) in [5, 5.41) is 0. The molecule has 3 heteroatoms. The molecule has 0 heterocycles. The maximum Gasteiger partial charge on any atom is -0.0295 e. The number of hydrogen-bond donors (Lipinski definition) is 0. The summed E-state index contributed by atoms with van der Waals surface area (Å²) < 4.78 is 0. The van der Waals surface area contributed by atoms with E-state index in [2.05, 4.69) is 27.7 Å². The third-order valence-corrected chi connectivity index (χ3v) is 4.77. The Morgan fingerprint density at radius 2 is 1.53 bits per heavy atom. The van der Waals surface area contributed by atoms with Crippen molar-refractivity contribution in [1.82, 2.24) is 0 Å². The zero-order chi connectivity index (χ0) is 8.93. The molecule has 3 aliphatic rings. The van der Waals surface area contributed by atoms with E-state index in [1.54, 1.807) is 0 Å². The van der Waals surface area contributed by atoms with Crippen LogP contribution in [0.25, 0.3) is 0 Å². The van der Waals surface area contributed by atoms with Gasteiger partial charge in [0.1, 0.15) is 0 Å². The van der Waals surface area contributed by atoms with E-state index in [-0.39, 0.29) is 40.5 Å². The molecule has 3 rings (SSSR count). The zero-order valence-corrected chi connectivity index (χ0v) is 13.4. The molecule has 94 valence electrons. The Bertz CT molecular complexity index is 185. The molecule has 2 bridgehead atoms. The quantitative estimate of drug-likeness (QED) is 0.673. The maximum atomic E-state index is 2.49. The third-order valence-electron chi connectivity index (χ3n) is 4.77. The maximum absolute atomic E-state index is 2.49. The van der Waals surface area contributed by atoms with Gasteiger partial charge in [0.25, 0.3) is 0 Å². The first-order valence-corrected chi connectivity index (χ1v) is 5.53. The van der Waals surface area contributed by atoms with Gasteiger partial charge in [0.2, 0.25) is 0 Å². The molecule has 0 N–H and O–H groups in total. The van der Waals surface area contributed by atoms with E-state index in [1.165, 1.54) is 19.3 Å². The Hall–Kier alpha value is 1.05. The van der Waals surface area contributed by atoms with Gasteiger partial charge >= 0.3 is 0 Å². The van der Waals surface area contributed by atoms with Crippen LogP contribution in [0.1, 0.15) is 47.0 Å². The summed E-state index contributed by atoms with van der Waals surface area (Å²) in [6.45, 7) is 9.78. The number of hydrogen-bond acceptors (Lipinski definition) is 0. The monoisotopic (exact) mass is 268 g/mol. The lowest BCUT2D eigenvalue weighted by atomic mass is 9.44. The molecule has 3 fully saturated rings. The van der Waals surface area contributed by atoms with Crippen molar-refractivity contribution in [3.8, 4) is 0 Å². The van der Waals surface area contributed by atoms with Crippen LogP contribution in [0.15, 0.2) is 0 Å². The minimum atomic E-state index is 0. The van der Waals surface area contributed by atoms with Crippen LogP contribution in [0.2, 0.25) is 0 Å². The highest BCUT2D eigenvalue weighted by molar-refractivity contribution is 7.59. The van der Waals surface area contributed by atoms with Crippen LogP contribution in [0.5, 0.6) is 0 Å². The summed E-state index contributed by atoms with van der Waals surface area (Å²) in [7, 11) is 0. The van der Waals surface area contributed by atoms with Gasteiger partial charge in [0.15, 0.2) is 0 Å². The van der Waals surface area contributed by atoms with Crippen LogP contribution in [-0.4, -0.2) is 0 Å². The highest BCUT2D eigenvalue weighted by Gasteiger charge is 2.54. The second-order valence-corrected chi connectivity index (χ2v) is 5.85. The third kappa shape index (κ3) is 2.84. The van der Waals surface area contributed by atoms with Crippen LogP contribution < -0.4 is 0 Å². The smallest absolute Gasteiger partial charge is 0.0295 e. The summed E-state index contributed by atoms with van der Waals surface area (Å²) in [6.07, 6.45) is 4.55. The molecule has 3 atom stereocenters. The largest absolute Gasteiger partial charge is 0.197 e. The molecular weight excluding hydrogens is 240 g/mol. The van der Waals surface area contributed by atoms with Crippen molar-refractivity contribution in [2.45, 2.75) is 47.0 Å². The van der Waals surface area contributed by atoms with Crippen molar-refractivity contribution >= 4 is 40.5 Å². The van der Waals surface area contributed by atoms with Gasteiger partial charge in [-0.3, -0.25) is 0 Å². The van der Waals surface area contributed by atoms with Gasteiger partial charge < -0.3 is 0 Å². The van der Waals surface area contributed by atoms with Crippen molar-refractivity contribution in [3.05, 3.63) is 0 Å². The highest BCUT2D eigenvalue weighted by atomic mass is 32.1. The molecule has 0 aliphatic heterocycles. The van der Waals surface area contributed by atoms with Crippen molar-refractivity contribution < 1.29 is 0 Å². The van der Waals surface area contributed by atoms with Crippen molar-refractivity contribution in [2.75, 3.05) is 0 Å². The van der Waals surface area contributed by atoms with E-state index in [9.17, 15) is 0 Å². The molecule has 0 spiro atoms. The fourth-order valence-electron chi connectivity index (χ4n) is 3.67. The predicted molar refractivity (Wildman–Crippen MR) is 84.1 cm³/mol. The van der Waals surface area contributed by atoms with Crippen LogP contribution in [0, 0.1) is 29.1 Å². The highest BCUT2D eigenvalue weighted by Crippen LogP contribution is 2.62. The topological polar surface area (TPSA) is 0 Å². The molecule has 0 aromatic carbocycles. The SMILES string of the molecule is CC(C)[C@H]1CC[C@H]2C[C@@H]1C2(C)C.S.S.S. The average molecular weight is 269 g/mol. The molecule has 0 saturated heterocycles. The van der Waals surface area contributed by atoms with E-state index in [0.29, 0.717) is 5.41 Å². The zero-order valence-electron chi connectivity index (χ0n) is 10.4. The van der Waals surface area contributed by atoms with Crippen LogP contribution in [0.4, 0.5) is 0 Å². The van der Waals surface area contributed by atoms with E-state index in [1.807, 2.05) is 0 Å². The fraction of sp³-hybridized carbons (Fsp3) is 1.00. The van der Waals surface area contributed by atoms with E-state index >= 15 is 0 Å². The van der Waals surface area contributed by atoms with Gasteiger partial charge in [0.05, 0.1) is 0 Å². The van der Waals surface area contributed by atoms with Gasteiger partial charge in [-0.2, -0.15) is 40.5 Å². The van der Waals surface area contributed by atoms with Gasteiger partial charge in [-0.05, 0) is 48.3 Å². The standard InChI is InChI=1S/C12H22.3H2S/c1-8(2)10-6-5-9-7-11(10)12(9,3)4;;;/h8-11H,5-7H2,1-4H3;3*1H2/t9-,10+,11-;;;/m0.../s1. The first-order chi connectivity index (χ1) is 5.53. The van der Waals surface area contributed by atoms with Crippen LogP contribution in [-0.2, 0) is 0 Å². The number of fused-ring (bicyclic) bond motifs is 2. The lowest BCUT2D eigenvalue weighted by molar-refractivity contribution is -0.117. The predicted octanol–water partition coefficient (Wildman–Crippen LogP) is 4.05. The van der Waals surface area contributed by atoms with Crippen molar-refractivity contribution in [3.63, 3.8) is 0 Å². The summed E-state index contributed by atoms with van der Waals surface area (Å²) in [5.41, 5.74) is 0.688. The van der Waals surface area contributed by atoms with Gasteiger partial charge in [-0.1, -0.05) is 27.7 Å². The lowest BCUT2D eigenvalue weighted by Crippen LogP contribution is -2.53. The summed E-state index contributed by atoms with van der Waals surface area (Å²) in [6, 6.07) is 0. The van der Waals surface area contributed by atoms with E-state index in [4.69, 9.17) is 0 Å². The van der Waals surface area contributed by atoms with Crippen LogP contribution >= 0.6 is 40.5 Å². The molecule has 3 aliphatic carbocycles. The van der Waals surface area contributed by atoms with Crippen LogP contribution in [0.3, 0.4) is 0 Å². The molecule has 0 amide bonds. The van der Waals surface area contributed by atoms with Gasteiger partial charge in [-0.15, -0.1) is 0 Å². The molecular formula is C12H28S3. The molecule has 0 aromatic rings. The van der Waals surface area contributed by atoms with E-state index < -0.39 is 0 Å². The Morgan fingerprint density at radius 3 is 1.80 bits per heavy atom. The van der Waals surface area contributed by atoms with Crippen molar-refractivity contribution in [2.24, 2.45) is 29.1 Å². The van der Waals surface area contributed by atoms with Crippen molar-refractivity contribution in [1.29, 1.82) is 0 Å². The summed E-state index contributed by atoms with van der Waals surface area (Å²) in [4.78, 5) is 0. The van der Waals surface area contributed by atoms with Gasteiger partial charge in [-0.25, -0.2) is 0 Å². The molecule has 0 radical (unpaired) electrons. The normalized spacial score (nSPS) is 35.4. The first kappa shape index (κ1) is 18.4. The molecule has 3 saturated carbocycles.